The van der Waals surface area contributed by atoms with Crippen LogP contribution >= 0.6 is 11.6 Å². The molecule has 2 aromatic rings. The van der Waals surface area contributed by atoms with Crippen molar-refractivity contribution in [1.29, 1.82) is 0 Å². The van der Waals surface area contributed by atoms with Gasteiger partial charge in [0.25, 0.3) is 0 Å². The number of hydrogen-bond donors (Lipinski definition) is 1. The highest BCUT2D eigenvalue weighted by Crippen LogP contribution is 2.32. The predicted octanol–water partition coefficient (Wildman–Crippen LogP) is 3.80. The lowest BCUT2D eigenvalue weighted by molar-refractivity contribution is -0.122. The number of ether oxygens (including phenoxy) is 1. The van der Waals surface area contributed by atoms with Gasteiger partial charge in [-0.1, -0.05) is 35.9 Å². The van der Waals surface area contributed by atoms with Gasteiger partial charge in [0.15, 0.2) is 0 Å². The van der Waals surface area contributed by atoms with Crippen LogP contribution in [0.5, 0.6) is 5.75 Å². The lowest BCUT2D eigenvalue weighted by Gasteiger charge is -2.24. The molecule has 1 atom stereocenters. The Bertz CT molecular complexity index is 701. The fourth-order valence-corrected chi connectivity index (χ4v) is 3.39. The number of rotatable bonds is 6. The van der Waals surface area contributed by atoms with Crippen molar-refractivity contribution < 1.29 is 9.53 Å². The first-order valence-electron chi connectivity index (χ1n) is 8.55. The molecule has 1 aliphatic rings. The summed E-state index contributed by atoms with van der Waals surface area (Å²) in [5.41, 5.74) is 2.29. The summed E-state index contributed by atoms with van der Waals surface area (Å²) in [7, 11) is 1.67. The molecule has 4 nitrogen and oxygen atoms in total. The summed E-state index contributed by atoms with van der Waals surface area (Å²) < 4.78 is 5.22. The smallest absolute Gasteiger partial charge is 0.234 e. The second kappa shape index (κ2) is 8.37. The first-order valence-corrected chi connectivity index (χ1v) is 8.92. The van der Waals surface area contributed by atoms with Crippen molar-refractivity contribution in [1.82, 2.24) is 10.2 Å². The van der Waals surface area contributed by atoms with Crippen LogP contribution in [0, 0.1) is 0 Å². The van der Waals surface area contributed by atoms with Crippen LogP contribution in [0.1, 0.15) is 30.0 Å². The van der Waals surface area contributed by atoms with Crippen LogP contribution in [-0.4, -0.2) is 31.0 Å². The van der Waals surface area contributed by atoms with E-state index < -0.39 is 0 Å². The van der Waals surface area contributed by atoms with E-state index in [-0.39, 0.29) is 5.91 Å². The summed E-state index contributed by atoms with van der Waals surface area (Å²) in [6.07, 6.45) is 2.19. The van der Waals surface area contributed by atoms with Crippen molar-refractivity contribution >= 4 is 17.5 Å². The van der Waals surface area contributed by atoms with Crippen molar-refractivity contribution in [2.24, 2.45) is 0 Å². The molecular weight excluding hydrogens is 336 g/mol. The van der Waals surface area contributed by atoms with Crippen molar-refractivity contribution in [2.45, 2.75) is 25.4 Å². The Labute approximate surface area is 153 Å². The molecule has 2 aromatic carbocycles. The van der Waals surface area contributed by atoms with E-state index in [1.807, 2.05) is 36.4 Å². The fraction of sp³-hybridized carbons (Fsp3) is 0.350. The number of nitrogens with one attached hydrogen (secondary N) is 1. The summed E-state index contributed by atoms with van der Waals surface area (Å²) in [4.78, 5) is 14.6. The average Bonchev–Trinajstić information content (AvgIpc) is 3.09. The zero-order valence-corrected chi connectivity index (χ0v) is 15.1. The molecule has 25 heavy (non-hydrogen) atoms. The van der Waals surface area contributed by atoms with Gasteiger partial charge in [-0.3, -0.25) is 9.69 Å². The van der Waals surface area contributed by atoms with E-state index in [1.54, 1.807) is 7.11 Å². The van der Waals surface area contributed by atoms with Gasteiger partial charge < -0.3 is 10.1 Å². The Hall–Kier alpha value is -2.04. The number of hydrogen-bond acceptors (Lipinski definition) is 3. The highest BCUT2D eigenvalue weighted by atomic mass is 35.5. The SMILES string of the molecule is COc1ccc([C@@H]2CCCN2CC(=O)NCc2ccc(Cl)cc2)cc1. The van der Waals surface area contributed by atoms with Gasteiger partial charge in [0.2, 0.25) is 5.91 Å². The largest absolute Gasteiger partial charge is 0.497 e. The summed E-state index contributed by atoms with van der Waals surface area (Å²) in [5, 5.41) is 3.70. The Balaban J connectivity index is 1.55. The lowest BCUT2D eigenvalue weighted by Crippen LogP contribution is -2.36. The van der Waals surface area contributed by atoms with E-state index in [9.17, 15) is 4.79 Å². The minimum Gasteiger partial charge on any atom is -0.497 e. The first kappa shape index (κ1) is 17.8. The Morgan fingerprint density at radius 2 is 1.92 bits per heavy atom. The molecule has 1 aliphatic heterocycles. The molecule has 1 saturated heterocycles. The van der Waals surface area contributed by atoms with Gasteiger partial charge in [0, 0.05) is 17.6 Å². The number of nitrogens with zero attached hydrogens (tertiary/aromatic N) is 1. The van der Waals surface area contributed by atoms with E-state index in [0.29, 0.717) is 24.2 Å². The minimum atomic E-state index is 0.0513. The molecule has 1 heterocycles. The Kier molecular flexibility index (Phi) is 5.95. The van der Waals surface area contributed by atoms with Gasteiger partial charge in [-0.15, -0.1) is 0 Å². The van der Waals surface area contributed by atoms with Crippen LogP contribution in [0.2, 0.25) is 5.02 Å². The number of halogens is 1. The standard InChI is InChI=1S/C20H23ClN2O2/c1-25-18-10-6-16(7-11-18)19-3-2-12-23(19)14-20(24)22-13-15-4-8-17(21)9-5-15/h4-11,19H,2-3,12-14H2,1H3,(H,22,24)/t19-/m0/s1. The normalized spacial score (nSPS) is 17.4. The third-order valence-electron chi connectivity index (χ3n) is 4.61. The van der Waals surface area contributed by atoms with E-state index in [4.69, 9.17) is 16.3 Å². The summed E-state index contributed by atoms with van der Waals surface area (Å²) in [5.74, 6) is 0.907. The molecule has 0 spiro atoms. The van der Waals surface area contributed by atoms with Crippen LogP contribution in [0.25, 0.3) is 0 Å². The number of carbonyl (C=O) groups is 1. The molecule has 0 aromatic heterocycles. The molecule has 0 bridgehead atoms. The minimum absolute atomic E-state index is 0.0513. The van der Waals surface area contributed by atoms with E-state index in [2.05, 4.69) is 22.3 Å². The fourth-order valence-electron chi connectivity index (χ4n) is 3.26. The zero-order valence-electron chi connectivity index (χ0n) is 14.4. The lowest BCUT2D eigenvalue weighted by atomic mass is 10.0. The topological polar surface area (TPSA) is 41.6 Å². The number of carbonyl (C=O) groups excluding carboxylic acids is 1. The molecule has 0 unspecified atom stereocenters. The molecule has 0 aliphatic carbocycles. The summed E-state index contributed by atoms with van der Waals surface area (Å²) >= 11 is 5.88. The van der Waals surface area contributed by atoms with Crippen molar-refractivity contribution in [3.63, 3.8) is 0 Å². The average molecular weight is 359 g/mol. The Morgan fingerprint density at radius 3 is 2.60 bits per heavy atom. The second-order valence-corrected chi connectivity index (χ2v) is 6.74. The second-order valence-electron chi connectivity index (χ2n) is 6.30. The molecular formula is C20H23ClN2O2. The van der Waals surface area contributed by atoms with Crippen molar-refractivity contribution in [3.8, 4) is 5.75 Å². The van der Waals surface area contributed by atoms with Crippen molar-refractivity contribution in [3.05, 3.63) is 64.7 Å². The maximum Gasteiger partial charge on any atom is 0.234 e. The van der Waals surface area contributed by atoms with Crippen LogP contribution in [0.15, 0.2) is 48.5 Å². The highest BCUT2D eigenvalue weighted by Gasteiger charge is 2.27. The third kappa shape index (κ3) is 4.74. The van der Waals surface area contributed by atoms with Gasteiger partial charge in [-0.05, 0) is 54.8 Å². The Morgan fingerprint density at radius 1 is 1.20 bits per heavy atom. The van der Waals surface area contributed by atoms with Crippen LogP contribution in [0.4, 0.5) is 0 Å². The maximum absolute atomic E-state index is 12.3. The molecule has 1 N–H and O–H groups in total. The van der Waals surface area contributed by atoms with Gasteiger partial charge >= 0.3 is 0 Å². The molecule has 0 radical (unpaired) electrons. The zero-order chi connectivity index (χ0) is 17.6. The molecule has 3 rings (SSSR count). The number of benzene rings is 2. The van der Waals surface area contributed by atoms with Crippen LogP contribution < -0.4 is 10.1 Å². The summed E-state index contributed by atoms with van der Waals surface area (Å²) in [6.45, 7) is 1.90. The first-order chi connectivity index (χ1) is 12.2. The van der Waals surface area contributed by atoms with Crippen LogP contribution in [0.3, 0.4) is 0 Å². The van der Waals surface area contributed by atoms with Crippen molar-refractivity contribution in [2.75, 3.05) is 20.2 Å². The number of methoxy groups -OCH3 is 1. The quantitative estimate of drug-likeness (QED) is 0.853. The highest BCUT2D eigenvalue weighted by molar-refractivity contribution is 6.30. The van der Waals surface area contributed by atoms with Gasteiger partial charge in [-0.2, -0.15) is 0 Å². The maximum atomic E-state index is 12.3. The van der Waals surface area contributed by atoms with E-state index in [0.717, 1.165) is 30.7 Å². The molecule has 5 heteroatoms. The predicted molar refractivity (Wildman–Crippen MR) is 99.8 cm³/mol. The third-order valence-corrected chi connectivity index (χ3v) is 4.87. The monoisotopic (exact) mass is 358 g/mol. The number of likely N-dealkylation sites (tertiary alicyclic amines) is 1. The number of amides is 1. The van der Waals surface area contributed by atoms with E-state index in [1.165, 1.54) is 5.56 Å². The molecule has 0 saturated carbocycles. The van der Waals surface area contributed by atoms with Gasteiger partial charge in [0.1, 0.15) is 5.75 Å². The summed E-state index contributed by atoms with van der Waals surface area (Å²) in [6, 6.07) is 16.0. The molecule has 132 valence electrons. The van der Waals surface area contributed by atoms with Gasteiger partial charge in [-0.25, -0.2) is 0 Å². The van der Waals surface area contributed by atoms with Gasteiger partial charge in [0.05, 0.1) is 13.7 Å². The molecule has 1 amide bonds. The van der Waals surface area contributed by atoms with E-state index >= 15 is 0 Å². The van der Waals surface area contributed by atoms with Crippen LogP contribution in [-0.2, 0) is 11.3 Å². The molecule has 1 fully saturated rings.